The van der Waals surface area contributed by atoms with Crippen LogP contribution in [-0.2, 0) is 6.42 Å². The van der Waals surface area contributed by atoms with Crippen molar-refractivity contribution in [3.8, 4) is 5.75 Å². The smallest absolute Gasteiger partial charge is 0.129 e. The summed E-state index contributed by atoms with van der Waals surface area (Å²) in [4.78, 5) is 1.30. The van der Waals surface area contributed by atoms with Gasteiger partial charge in [0.25, 0.3) is 0 Å². The summed E-state index contributed by atoms with van der Waals surface area (Å²) in [6.45, 7) is 5.31. The lowest BCUT2D eigenvalue weighted by molar-refractivity contribution is 0.416. The normalized spacial score (nSPS) is 12.3. The zero-order chi connectivity index (χ0) is 14.4. The third kappa shape index (κ3) is 3.62. The molecule has 2 aromatic rings. The summed E-state index contributed by atoms with van der Waals surface area (Å²) < 4.78 is 5.30. The highest BCUT2D eigenvalue weighted by Gasteiger charge is 2.15. The van der Waals surface area contributed by atoms with E-state index in [4.69, 9.17) is 4.74 Å². The lowest BCUT2D eigenvalue weighted by Crippen LogP contribution is -2.21. The second-order valence-corrected chi connectivity index (χ2v) is 5.82. The molecular formula is C17H23NOS. The van der Waals surface area contributed by atoms with Crippen molar-refractivity contribution in [3.63, 3.8) is 0 Å². The van der Waals surface area contributed by atoms with Crippen LogP contribution in [0, 0.1) is 0 Å². The minimum Gasteiger partial charge on any atom is -0.496 e. The van der Waals surface area contributed by atoms with E-state index in [0.717, 1.165) is 18.7 Å². The van der Waals surface area contributed by atoms with Crippen LogP contribution < -0.4 is 10.1 Å². The minimum absolute atomic E-state index is 0.255. The molecule has 0 radical (unpaired) electrons. The minimum atomic E-state index is 0.255. The zero-order valence-corrected chi connectivity index (χ0v) is 13.3. The predicted molar refractivity (Wildman–Crippen MR) is 86.8 cm³/mol. The quantitative estimate of drug-likeness (QED) is 0.815. The van der Waals surface area contributed by atoms with Gasteiger partial charge in [0.05, 0.1) is 13.2 Å². The first-order valence-electron chi connectivity index (χ1n) is 7.23. The first kappa shape index (κ1) is 15.1. The Morgan fingerprint density at radius 1 is 1.25 bits per heavy atom. The maximum Gasteiger partial charge on any atom is 0.129 e. The summed E-state index contributed by atoms with van der Waals surface area (Å²) in [6.07, 6.45) is 2.32. The molecule has 0 bridgehead atoms. The molecule has 0 aliphatic heterocycles. The van der Waals surface area contributed by atoms with Gasteiger partial charge in [-0.3, -0.25) is 0 Å². The van der Waals surface area contributed by atoms with Crippen molar-refractivity contribution in [1.82, 2.24) is 5.32 Å². The van der Waals surface area contributed by atoms with E-state index in [2.05, 4.69) is 54.9 Å². The highest BCUT2D eigenvalue weighted by molar-refractivity contribution is 7.10. The number of methoxy groups -OCH3 is 1. The number of hydrogen-bond acceptors (Lipinski definition) is 3. The molecule has 0 aliphatic carbocycles. The average molecular weight is 289 g/mol. The molecule has 0 saturated heterocycles. The molecule has 1 aromatic heterocycles. The molecule has 2 rings (SSSR count). The van der Waals surface area contributed by atoms with Gasteiger partial charge in [-0.15, -0.1) is 11.3 Å². The maximum atomic E-state index is 5.30. The topological polar surface area (TPSA) is 21.3 Å². The summed E-state index contributed by atoms with van der Waals surface area (Å²) in [6, 6.07) is 11.3. The molecule has 1 atom stereocenters. The first-order chi connectivity index (χ1) is 9.78. The van der Waals surface area contributed by atoms with Gasteiger partial charge in [0.15, 0.2) is 0 Å². The number of hydrogen-bond donors (Lipinski definition) is 1. The van der Waals surface area contributed by atoms with Gasteiger partial charge in [0.1, 0.15) is 5.75 Å². The van der Waals surface area contributed by atoms with E-state index in [9.17, 15) is 0 Å². The predicted octanol–water partition coefficient (Wildman–Crippen LogP) is 4.41. The van der Waals surface area contributed by atoms with Gasteiger partial charge in [-0.1, -0.05) is 44.5 Å². The van der Waals surface area contributed by atoms with Crippen molar-refractivity contribution >= 4 is 11.3 Å². The van der Waals surface area contributed by atoms with Crippen LogP contribution in [-0.4, -0.2) is 13.7 Å². The van der Waals surface area contributed by atoms with Crippen molar-refractivity contribution in [2.24, 2.45) is 0 Å². The van der Waals surface area contributed by atoms with Gasteiger partial charge >= 0.3 is 0 Å². The highest BCUT2D eigenvalue weighted by atomic mass is 32.1. The number of aryl methyl sites for hydroxylation is 1. The summed E-state index contributed by atoms with van der Waals surface area (Å²) >= 11 is 1.75. The van der Waals surface area contributed by atoms with E-state index >= 15 is 0 Å². The third-order valence-electron chi connectivity index (χ3n) is 3.35. The molecule has 0 spiro atoms. The molecule has 0 saturated carbocycles. The van der Waals surface area contributed by atoms with E-state index in [-0.39, 0.29) is 6.04 Å². The first-order valence-corrected chi connectivity index (χ1v) is 8.11. The van der Waals surface area contributed by atoms with Crippen LogP contribution in [0.1, 0.15) is 42.3 Å². The van der Waals surface area contributed by atoms with Crippen LogP contribution in [0.4, 0.5) is 0 Å². The van der Waals surface area contributed by atoms with E-state index < -0.39 is 0 Å². The van der Waals surface area contributed by atoms with E-state index in [0.29, 0.717) is 0 Å². The Bertz CT molecular complexity index is 535. The van der Waals surface area contributed by atoms with E-state index in [1.54, 1.807) is 18.4 Å². The highest BCUT2D eigenvalue weighted by Crippen LogP contribution is 2.31. The van der Waals surface area contributed by atoms with Crippen LogP contribution in [0.5, 0.6) is 5.75 Å². The fraction of sp³-hybridized carbons (Fsp3) is 0.412. The summed E-state index contributed by atoms with van der Waals surface area (Å²) in [7, 11) is 1.72. The van der Waals surface area contributed by atoms with Crippen LogP contribution in [0.2, 0.25) is 0 Å². The molecule has 1 unspecified atom stereocenters. The van der Waals surface area contributed by atoms with E-state index in [1.165, 1.54) is 22.4 Å². The Balaban J connectivity index is 2.29. The molecule has 1 N–H and O–H groups in total. The number of thiophene rings is 1. The number of rotatable bonds is 7. The molecule has 0 aliphatic rings. The van der Waals surface area contributed by atoms with Crippen molar-refractivity contribution < 1.29 is 4.74 Å². The molecule has 1 heterocycles. The van der Waals surface area contributed by atoms with Crippen LogP contribution in [0.15, 0.2) is 35.7 Å². The number of benzene rings is 1. The Morgan fingerprint density at radius 2 is 2.10 bits per heavy atom. The zero-order valence-electron chi connectivity index (χ0n) is 12.5. The summed E-state index contributed by atoms with van der Waals surface area (Å²) in [5, 5.41) is 5.64. The van der Waals surface area contributed by atoms with Crippen molar-refractivity contribution in [3.05, 3.63) is 51.7 Å². The van der Waals surface area contributed by atoms with Gasteiger partial charge in [0.2, 0.25) is 0 Å². The SMILES string of the molecule is CCCc1cccc(C(NCC)c2cc(OC)cs2)c1. The average Bonchev–Trinajstić information content (AvgIpc) is 2.94. The molecule has 0 fully saturated rings. The summed E-state index contributed by atoms with van der Waals surface area (Å²) in [5.74, 6) is 0.942. The Labute approximate surface area is 125 Å². The van der Waals surface area contributed by atoms with Gasteiger partial charge in [-0.05, 0) is 30.2 Å². The molecule has 0 amide bonds. The second-order valence-electron chi connectivity index (χ2n) is 4.87. The third-order valence-corrected chi connectivity index (χ3v) is 4.32. The van der Waals surface area contributed by atoms with Crippen molar-refractivity contribution in [2.45, 2.75) is 32.7 Å². The lowest BCUT2D eigenvalue weighted by Gasteiger charge is -2.17. The van der Waals surface area contributed by atoms with E-state index in [1.807, 2.05) is 0 Å². The number of ether oxygens (including phenoxy) is 1. The van der Waals surface area contributed by atoms with Crippen LogP contribution in [0.3, 0.4) is 0 Å². The monoisotopic (exact) mass is 289 g/mol. The second kappa shape index (κ2) is 7.46. The summed E-state index contributed by atoms with van der Waals surface area (Å²) in [5.41, 5.74) is 2.75. The molecule has 20 heavy (non-hydrogen) atoms. The Kier molecular flexibility index (Phi) is 5.62. The van der Waals surface area contributed by atoms with Gasteiger partial charge < -0.3 is 10.1 Å². The molecular weight excluding hydrogens is 266 g/mol. The van der Waals surface area contributed by atoms with Gasteiger partial charge in [0, 0.05) is 10.3 Å². The fourth-order valence-corrected chi connectivity index (χ4v) is 3.35. The lowest BCUT2D eigenvalue weighted by atomic mass is 10.0. The largest absolute Gasteiger partial charge is 0.496 e. The molecule has 2 nitrogen and oxygen atoms in total. The van der Waals surface area contributed by atoms with Gasteiger partial charge in [-0.25, -0.2) is 0 Å². The van der Waals surface area contributed by atoms with Gasteiger partial charge in [-0.2, -0.15) is 0 Å². The Morgan fingerprint density at radius 3 is 2.75 bits per heavy atom. The van der Waals surface area contributed by atoms with Crippen molar-refractivity contribution in [1.29, 1.82) is 0 Å². The molecule has 108 valence electrons. The van der Waals surface area contributed by atoms with Crippen LogP contribution >= 0.6 is 11.3 Å². The molecule has 1 aromatic carbocycles. The molecule has 3 heteroatoms. The standard InChI is InChI=1S/C17H23NOS/c1-4-7-13-8-6-9-14(10-13)17(18-5-2)16-11-15(19-3)12-20-16/h6,8-12,17-18H,4-5,7H2,1-3H3. The van der Waals surface area contributed by atoms with Crippen LogP contribution in [0.25, 0.3) is 0 Å². The fourth-order valence-electron chi connectivity index (χ4n) is 2.40. The Hall–Kier alpha value is -1.32. The number of nitrogens with one attached hydrogen (secondary N) is 1. The van der Waals surface area contributed by atoms with Crippen molar-refractivity contribution in [2.75, 3.05) is 13.7 Å². The maximum absolute atomic E-state index is 5.30.